The molecule has 42 heavy (non-hydrogen) atoms. The quantitative estimate of drug-likeness (QED) is 0.0803. The minimum absolute atomic E-state index is 0. The van der Waals surface area contributed by atoms with E-state index in [4.69, 9.17) is 9.97 Å². The fourth-order valence-corrected chi connectivity index (χ4v) is 4.68. The summed E-state index contributed by atoms with van der Waals surface area (Å²) >= 11 is 0. The van der Waals surface area contributed by atoms with E-state index in [0.717, 1.165) is 53.7 Å². The summed E-state index contributed by atoms with van der Waals surface area (Å²) in [6, 6.07) is 22.3. The number of hydrogen-bond donors (Lipinski definition) is 1. The average Bonchev–Trinajstić information content (AvgIpc) is 3.00. The van der Waals surface area contributed by atoms with Gasteiger partial charge in [0.15, 0.2) is 5.78 Å². The number of hydrogen-bond acceptors (Lipinski definition) is 4. The van der Waals surface area contributed by atoms with Gasteiger partial charge in [-0.15, -0.1) is 35.4 Å². The molecule has 227 valence electrons. The van der Waals surface area contributed by atoms with Gasteiger partial charge in [-0.25, -0.2) is 4.98 Å². The predicted octanol–water partition coefficient (Wildman–Crippen LogP) is 10.3. The van der Waals surface area contributed by atoms with Crippen LogP contribution in [0.2, 0.25) is 0 Å². The molecule has 0 atom stereocenters. The number of nitrogens with zero attached hydrogens (tertiary/aromatic N) is 2. The molecule has 0 saturated carbocycles. The number of rotatable bonds is 9. The zero-order valence-electron chi connectivity index (χ0n) is 26.8. The summed E-state index contributed by atoms with van der Waals surface area (Å²) in [6.07, 6.45) is 4.75. The fourth-order valence-electron chi connectivity index (χ4n) is 4.68. The van der Waals surface area contributed by atoms with Crippen molar-refractivity contribution in [1.82, 2.24) is 9.97 Å². The van der Waals surface area contributed by atoms with Gasteiger partial charge in [0.25, 0.3) is 0 Å². The van der Waals surface area contributed by atoms with E-state index >= 15 is 0 Å². The minimum atomic E-state index is -0.337. The first-order chi connectivity index (χ1) is 19.4. The van der Waals surface area contributed by atoms with Gasteiger partial charge in [-0.2, -0.15) is 0 Å². The van der Waals surface area contributed by atoms with Crippen LogP contribution < -0.4 is 0 Å². The van der Waals surface area contributed by atoms with Crippen molar-refractivity contribution in [3.8, 4) is 11.3 Å². The maximum Gasteiger partial charge on any atom is 0.164 e. The second-order valence-corrected chi connectivity index (χ2v) is 12.0. The smallest absolute Gasteiger partial charge is 0.164 e. The van der Waals surface area contributed by atoms with Crippen LogP contribution in [-0.2, 0) is 24.9 Å². The van der Waals surface area contributed by atoms with Crippen molar-refractivity contribution >= 4 is 27.5 Å². The van der Waals surface area contributed by atoms with E-state index in [2.05, 4.69) is 75.4 Å². The summed E-state index contributed by atoms with van der Waals surface area (Å²) in [5, 5.41) is 13.6. The molecule has 0 spiro atoms. The molecule has 4 nitrogen and oxygen atoms in total. The molecule has 4 rings (SSSR count). The Balaban J connectivity index is 0.000000307. The number of carbonyl (C=O) groups excluding carboxylic acids is 1. The maximum absolute atomic E-state index is 12.2. The molecule has 5 heteroatoms. The molecule has 1 aromatic heterocycles. The van der Waals surface area contributed by atoms with Crippen molar-refractivity contribution in [1.29, 1.82) is 0 Å². The second-order valence-electron chi connectivity index (χ2n) is 12.0. The van der Waals surface area contributed by atoms with Gasteiger partial charge in [-0.05, 0) is 42.1 Å². The summed E-state index contributed by atoms with van der Waals surface area (Å²) in [6.45, 7) is 18.4. The Labute approximate surface area is 266 Å². The molecule has 3 aromatic carbocycles. The van der Waals surface area contributed by atoms with Crippen LogP contribution in [0.3, 0.4) is 0 Å². The van der Waals surface area contributed by atoms with E-state index in [1.165, 1.54) is 22.4 Å². The van der Waals surface area contributed by atoms with Gasteiger partial charge in [0.05, 0.1) is 5.52 Å². The van der Waals surface area contributed by atoms with Crippen LogP contribution in [0.25, 0.3) is 32.9 Å². The van der Waals surface area contributed by atoms with E-state index in [1.54, 1.807) is 0 Å². The molecule has 4 aromatic rings. The van der Waals surface area contributed by atoms with Crippen molar-refractivity contribution in [3.05, 3.63) is 83.9 Å². The van der Waals surface area contributed by atoms with Crippen LogP contribution in [0, 0.1) is 23.8 Å². The van der Waals surface area contributed by atoms with Crippen LogP contribution >= 0.6 is 0 Å². The predicted molar refractivity (Wildman–Crippen MR) is 173 cm³/mol. The monoisotopic (exact) mass is 744 g/mol. The van der Waals surface area contributed by atoms with Crippen molar-refractivity contribution < 1.29 is 30.0 Å². The van der Waals surface area contributed by atoms with Crippen LogP contribution in [0.1, 0.15) is 98.4 Å². The zero-order valence-corrected chi connectivity index (χ0v) is 29.2. The second kappa shape index (κ2) is 15.0. The third kappa shape index (κ3) is 7.74. The molecule has 0 amide bonds. The maximum atomic E-state index is 12.2. The molecule has 0 fully saturated rings. The third-order valence-corrected chi connectivity index (χ3v) is 8.95. The Bertz CT molecular complexity index is 1510. The summed E-state index contributed by atoms with van der Waals surface area (Å²) in [5.41, 5.74) is 3.61. The first-order valence-corrected chi connectivity index (χ1v) is 15.1. The van der Waals surface area contributed by atoms with Crippen LogP contribution in [0.4, 0.5) is 0 Å². The van der Waals surface area contributed by atoms with E-state index < -0.39 is 0 Å². The largest absolute Gasteiger partial charge is 0.512 e. The zero-order chi connectivity index (χ0) is 30.4. The first-order valence-electron chi connectivity index (χ1n) is 15.1. The topological polar surface area (TPSA) is 63.1 Å². The van der Waals surface area contributed by atoms with Crippen molar-refractivity contribution in [2.45, 2.75) is 93.9 Å². The number of benzene rings is 3. The Morgan fingerprint density at radius 2 is 1.50 bits per heavy atom. The Morgan fingerprint density at radius 1 is 0.881 bits per heavy atom. The molecule has 1 heterocycles. The molecule has 0 aliphatic carbocycles. The van der Waals surface area contributed by atoms with E-state index in [-0.39, 0.29) is 48.4 Å². The number of aromatic nitrogens is 2. The molecular formula is C37H47IrN2O2-. The van der Waals surface area contributed by atoms with Crippen LogP contribution in [0.15, 0.2) is 66.4 Å². The number of fused-ring (bicyclic) bond motifs is 3. The number of ketones is 1. The number of aryl methyl sites for hydroxylation is 1. The van der Waals surface area contributed by atoms with Crippen molar-refractivity contribution in [3.63, 3.8) is 0 Å². The molecule has 0 saturated heterocycles. The van der Waals surface area contributed by atoms with Gasteiger partial charge in [0.2, 0.25) is 0 Å². The van der Waals surface area contributed by atoms with Crippen molar-refractivity contribution in [2.24, 2.45) is 10.8 Å². The summed E-state index contributed by atoms with van der Waals surface area (Å²) in [5.74, 6) is 1.44. The van der Waals surface area contributed by atoms with Crippen LogP contribution in [0.5, 0.6) is 0 Å². The van der Waals surface area contributed by atoms with Crippen LogP contribution in [-0.4, -0.2) is 20.9 Å². The summed E-state index contributed by atoms with van der Waals surface area (Å²) < 4.78 is 0. The minimum Gasteiger partial charge on any atom is -0.512 e. The molecule has 1 radical (unpaired) electrons. The Morgan fingerprint density at radius 3 is 2.05 bits per heavy atom. The average molecular weight is 744 g/mol. The van der Waals surface area contributed by atoms with E-state index in [0.29, 0.717) is 0 Å². The molecule has 0 aliphatic heterocycles. The SMILES string of the molecule is CCC(C)(CC)C(=O)/C=C(\O)C(C)(CC)CC.Cc1c[c-]c(-c2nc(C(C)C)nc3c2ccc2ccccc23)cc1.[Ir]. The van der Waals surface area contributed by atoms with Gasteiger partial charge in [0.1, 0.15) is 11.6 Å². The van der Waals surface area contributed by atoms with E-state index in [1.807, 2.05) is 47.6 Å². The number of aliphatic hydroxyl groups excluding tert-OH is 1. The third-order valence-electron chi connectivity index (χ3n) is 8.95. The van der Waals surface area contributed by atoms with Gasteiger partial charge in [-0.3, -0.25) is 9.78 Å². The fraction of sp³-hybridized carbons (Fsp3) is 0.432. The van der Waals surface area contributed by atoms with Gasteiger partial charge < -0.3 is 5.11 Å². The number of carbonyl (C=O) groups is 1. The Hall–Kier alpha value is -2.88. The normalized spacial score (nSPS) is 12.2. The van der Waals surface area contributed by atoms with Gasteiger partial charge in [-0.1, -0.05) is 98.7 Å². The number of aliphatic hydroxyl groups is 1. The summed E-state index contributed by atoms with van der Waals surface area (Å²) in [4.78, 5) is 21.9. The van der Waals surface area contributed by atoms with Gasteiger partial charge in [0, 0.05) is 48.3 Å². The van der Waals surface area contributed by atoms with E-state index in [9.17, 15) is 9.90 Å². The molecule has 0 aliphatic rings. The molecule has 0 unspecified atom stereocenters. The molecule has 1 N–H and O–H groups in total. The summed E-state index contributed by atoms with van der Waals surface area (Å²) in [7, 11) is 0. The van der Waals surface area contributed by atoms with Crippen molar-refractivity contribution in [2.75, 3.05) is 0 Å². The molecule has 0 bridgehead atoms. The Kier molecular flexibility index (Phi) is 12.6. The first kappa shape index (κ1) is 35.3. The standard InChI is InChI=1S/C22H19N2.C15H28O2.Ir/c1-14(2)22-23-20(17-10-8-15(3)9-11-17)19-13-12-16-6-4-5-7-18(16)21(19)24-22;1-7-14(5,8-2)12(16)11-13(17)15(6,9-3)10-4;/h4-10,12-14H,1-3H3;11,16H,7-10H2,1-6H3;/q-1;;/b;12-11-;. The number of allylic oxidation sites excluding steroid dienone is 2. The molecular weight excluding hydrogens is 697 g/mol. The van der Waals surface area contributed by atoms with Gasteiger partial charge >= 0.3 is 0 Å².